The van der Waals surface area contributed by atoms with Crippen molar-refractivity contribution in [3.05, 3.63) is 63.1 Å². The molecule has 10 heteroatoms. The van der Waals surface area contributed by atoms with Gasteiger partial charge in [-0.15, -0.1) is 0 Å². The Hall–Kier alpha value is -2.13. The molecule has 0 aromatic heterocycles. The number of rotatable bonds is 10. The predicted octanol–water partition coefficient (Wildman–Crippen LogP) is 4.04. The summed E-state index contributed by atoms with van der Waals surface area (Å²) in [5.74, 6) is -0.0241. The maximum Gasteiger partial charge on any atom is 0.244 e. The summed E-state index contributed by atoms with van der Waals surface area (Å²) in [4.78, 5) is 14.1. The van der Waals surface area contributed by atoms with Crippen LogP contribution in [-0.4, -0.2) is 50.0 Å². The second kappa shape index (κ2) is 11.1. The maximum atomic E-state index is 12.8. The Balaban J connectivity index is 1.84. The van der Waals surface area contributed by atoms with Crippen molar-refractivity contribution in [1.29, 1.82) is 5.41 Å². The van der Waals surface area contributed by atoms with Crippen molar-refractivity contribution < 1.29 is 13.2 Å². The van der Waals surface area contributed by atoms with Crippen LogP contribution in [0.1, 0.15) is 36.0 Å². The number of amides is 1. The monoisotopic (exact) mass is 498 g/mol. The molecule has 0 atom stereocenters. The molecule has 0 radical (unpaired) electrons. The number of carbonyl (C=O) groups is 1. The van der Waals surface area contributed by atoms with E-state index in [1.54, 1.807) is 31.0 Å². The molecule has 2 rings (SSSR count). The van der Waals surface area contributed by atoms with Gasteiger partial charge >= 0.3 is 0 Å². The summed E-state index contributed by atoms with van der Waals surface area (Å²) >= 11 is 12.2. The topological polar surface area (TPSA) is 108 Å². The van der Waals surface area contributed by atoms with Gasteiger partial charge in [0.05, 0.1) is 5.02 Å². The Kier molecular flexibility index (Phi) is 9.09. The normalized spacial score (nSPS) is 11.6. The number of nitrogens with two attached hydrogens (primary N) is 1. The molecule has 174 valence electrons. The maximum absolute atomic E-state index is 12.8. The first-order valence-corrected chi connectivity index (χ1v) is 12.2. The largest absolute Gasteiger partial charge is 0.384 e. The summed E-state index contributed by atoms with van der Waals surface area (Å²) in [5.41, 5.74) is 7.54. The molecule has 0 heterocycles. The minimum Gasteiger partial charge on any atom is -0.384 e. The van der Waals surface area contributed by atoms with E-state index in [0.29, 0.717) is 42.0 Å². The average molecular weight is 499 g/mol. The van der Waals surface area contributed by atoms with Gasteiger partial charge in [0.2, 0.25) is 15.9 Å². The molecule has 0 saturated carbocycles. The van der Waals surface area contributed by atoms with Crippen LogP contribution in [0, 0.1) is 12.3 Å². The molecule has 0 aliphatic heterocycles. The van der Waals surface area contributed by atoms with Gasteiger partial charge in [0.1, 0.15) is 10.7 Å². The minimum absolute atomic E-state index is 0.00133. The average Bonchev–Trinajstić information content (AvgIpc) is 2.74. The van der Waals surface area contributed by atoms with E-state index >= 15 is 0 Å². The van der Waals surface area contributed by atoms with Crippen molar-refractivity contribution in [2.24, 2.45) is 5.73 Å². The van der Waals surface area contributed by atoms with E-state index in [-0.39, 0.29) is 28.2 Å². The van der Waals surface area contributed by atoms with Crippen molar-refractivity contribution >= 4 is 45.0 Å². The highest BCUT2D eigenvalue weighted by atomic mass is 35.5. The third kappa shape index (κ3) is 6.45. The molecule has 1 amide bonds. The van der Waals surface area contributed by atoms with Crippen LogP contribution in [0.15, 0.2) is 41.3 Å². The van der Waals surface area contributed by atoms with Crippen LogP contribution < -0.4 is 5.73 Å². The number of benzene rings is 2. The first-order chi connectivity index (χ1) is 14.9. The second-order valence-electron chi connectivity index (χ2n) is 7.63. The van der Waals surface area contributed by atoms with E-state index in [4.69, 9.17) is 34.3 Å². The fraction of sp³-hybridized carbons (Fsp3) is 0.364. The van der Waals surface area contributed by atoms with Gasteiger partial charge in [-0.25, -0.2) is 12.7 Å². The van der Waals surface area contributed by atoms with Crippen molar-refractivity contribution in [3.8, 4) is 0 Å². The summed E-state index contributed by atoms with van der Waals surface area (Å²) in [6.07, 6.45) is 1.41. The number of nitrogen functional groups attached to an aromatic ring is 1. The van der Waals surface area contributed by atoms with E-state index in [0.717, 1.165) is 5.56 Å². The lowest BCUT2D eigenvalue weighted by molar-refractivity contribution is -0.130. The second-order valence-corrected chi connectivity index (χ2v) is 10.4. The molecule has 0 unspecified atom stereocenters. The third-order valence-electron chi connectivity index (χ3n) is 5.20. The molecule has 0 aliphatic rings. The fourth-order valence-electron chi connectivity index (χ4n) is 3.08. The Morgan fingerprint density at radius 1 is 1.06 bits per heavy atom. The number of carbonyl (C=O) groups excluding carboxylic acids is 1. The smallest absolute Gasteiger partial charge is 0.244 e. The van der Waals surface area contributed by atoms with Crippen LogP contribution in [-0.2, 0) is 21.4 Å². The van der Waals surface area contributed by atoms with Gasteiger partial charge in [-0.3, -0.25) is 10.2 Å². The van der Waals surface area contributed by atoms with Crippen molar-refractivity contribution in [2.75, 3.05) is 20.6 Å². The van der Waals surface area contributed by atoms with Crippen molar-refractivity contribution in [2.45, 2.75) is 37.6 Å². The number of hydrogen-bond acceptors (Lipinski definition) is 4. The van der Waals surface area contributed by atoms with Gasteiger partial charge in [-0.2, -0.15) is 0 Å². The third-order valence-corrected chi connectivity index (χ3v) is 8.10. The minimum atomic E-state index is -3.75. The fourth-order valence-corrected chi connectivity index (χ4v) is 5.07. The van der Waals surface area contributed by atoms with Crippen LogP contribution in [0.25, 0.3) is 0 Å². The van der Waals surface area contributed by atoms with Gasteiger partial charge in [0.15, 0.2) is 0 Å². The number of nitrogens with zero attached hydrogens (tertiary/aromatic N) is 2. The summed E-state index contributed by atoms with van der Waals surface area (Å²) in [6.45, 7) is 2.38. The summed E-state index contributed by atoms with van der Waals surface area (Å²) in [5, 5.41) is 7.95. The van der Waals surface area contributed by atoms with E-state index in [1.165, 1.54) is 23.5 Å². The molecule has 32 heavy (non-hydrogen) atoms. The van der Waals surface area contributed by atoms with Gasteiger partial charge < -0.3 is 10.6 Å². The number of nitrogens with one attached hydrogen (secondary N) is 1. The molecular formula is C22H28Cl2N4O3S. The van der Waals surface area contributed by atoms with Gasteiger partial charge in [-0.05, 0) is 43.0 Å². The van der Waals surface area contributed by atoms with Crippen molar-refractivity contribution in [1.82, 2.24) is 9.21 Å². The quantitative estimate of drug-likeness (QED) is 0.292. The first-order valence-electron chi connectivity index (χ1n) is 10.0. The molecule has 0 fully saturated rings. The van der Waals surface area contributed by atoms with Crippen LogP contribution in [0.4, 0.5) is 0 Å². The van der Waals surface area contributed by atoms with Gasteiger partial charge in [0.25, 0.3) is 0 Å². The Bertz CT molecular complexity index is 1090. The standard InChI is InChI=1S/C22H28Cl2N4O3S/c1-15-18(23)11-12-19(21(15)24)32(30,31)28(3)13-5-4-6-20(29)27(2)14-16-7-9-17(10-8-16)22(25)26/h7-12H,4-6,13-14H2,1-3H3,(H3,25,26). The predicted molar refractivity (Wildman–Crippen MR) is 129 cm³/mol. The number of sulfonamides is 1. The Morgan fingerprint density at radius 3 is 2.28 bits per heavy atom. The van der Waals surface area contributed by atoms with E-state index in [2.05, 4.69) is 0 Å². The number of hydrogen-bond donors (Lipinski definition) is 2. The molecule has 0 saturated heterocycles. The first kappa shape index (κ1) is 26.1. The van der Waals surface area contributed by atoms with E-state index in [9.17, 15) is 13.2 Å². The zero-order chi connectivity index (χ0) is 24.1. The lowest BCUT2D eigenvalue weighted by atomic mass is 10.1. The summed E-state index contributed by atoms with van der Waals surface area (Å²) in [7, 11) is -0.534. The Labute approximate surface area is 199 Å². The SMILES string of the molecule is Cc1c(Cl)ccc(S(=O)(=O)N(C)CCCCC(=O)N(C)Cc2ccc(C(=N)N)cc2)c1Cl. The Morgan fingerprint density at radius 2 is 1.69 bits per heavy atom. The van der Waals surface area contributed by atoms with E-state index < -0.39 is 10.0 Å². The molecule has 7 nitrogen and oxygen atoms in total. The number of amidine groups is 1. The van der Waals surface area contributed by atoms with Gasteiger partial charge in [0, 0.05) is 44.2 Å². The van der Waals surface area contributed by atoms with Crippen LogP contribution in [0.3, 0.4) is 0 Å². The van der Waals surface area contributed by atoms with Crippen LogP contribution in [0.2, 0.25) is 10.0 Å². The van der Waals surface area contributed by atoms with Gasteiger partial charge in [-0.1, -0.05) is 47.5 Å². The number of unbranched alkanes of at least 4 members (excludes halogenated alkanes) is 1. The lowest BCUT2D eigenvalue weighted by Gasteiger charge is -2.20. The number of halogens is 2. The highest BCUT2D eigenvalue weighted by Gasteiger charge is 2.25. The highest BCUT2D eigenvalue weighted by Crippen LogP contribution is 2.31. The summed E-state index contributed by atoms with van der Waals surface area (Å²) in [6, 6.07) is 10.1. The molecule has 2 aromatic carbocycles. The zero-order valence-corrected chi connectivity index (χ0v) is 20.7. The van der Waals surface area contributed by atoms with Crippen LogP contribution >= 0.6 is 23.2 Å². The van der Waals surface area contributed by atoms with Crippen LogP contribution in [0.5, 0.6) is 0 Å². The summed E-state index contributed by atoms with van der Waals surface area (Å²) < 4.78 is 26.9. The molecule has 0 spiro atoms. The zero-order valence-electron chi connectivity index (χ0n) is 18.4. The molecule has 3 N–H and O–H groups in total. The van der Waals surface area contributed by atoms with Crippen molar-refractivity contribution in [3.63, 3.8) is 0 Å². The lowest BCUT2D eigenvalue weighted by Crippen LogP contribution is -2.29. The molecular weight excluding hydrogens is 471 g/mol. The molecule has 2 aromatic rings. The van der Waals surface area contributed by atoms with E-state index in [1.807, 2.05) is 12.1 Å². The molecule has 0 bridgehead atoms. The highest BCUT2D eigenvalue weighted by molar-refractivity contribution is 7.89. The molecule has 0 aliphatic carbocycles.